The fourth-order valence-corrected chi connectivity index (χ4v) is 5.74. The van der Waals surface area contributed by atoms with Gasteiger partial charge in [0.1, 0.15) is 24.1 Å². The van der Waals surface area contributed by atoms with Crippen LogP contribution in [0, 0.1) is 5.82 Å². The van der Waals surface area contributed by atoms with Crippen molar-refractivity contribution in [2.45, 2.75) is 43.2 Å². The molecule has 2 N–H and O–H groups in total. The second-order valence-corrected chi connectivity index (χ2v) is 8.99. The highest BCUT2D eigenvalue weighted by atomic mass is 32.1. The molecule has 0 saturated carbocycles. The van der Waals surface area contributed by atoms with Crippen molar-refractivity contribution < 1.29 is 18.7 Å². The zero-order valence-electron chi connectivity index (χ0n) is 15.4. The summed E-state index contributed by atoms with van der Waals surface area (Å²) in [5.41, 5.74) is 1.20. The van der Waals surface area contributed by atoms with E-state index in [-0.39, 0.29) is 36.2 Å². The van der Waals surface area contributed by atoms with Gasteiger partial charge in [0.15, 0.2) is 0 Å². The smallest absolute Gasteiger partial charge is 0.411 e. The largest absolute Gasteiger partial charge is 0.446 e. The standard InChI is InChI=1S/C22H19FN2O3S/c23-12-5-6-15(14(8-12)19-7-11-3-1-2-4-18(11)29-19)25-22(26)27-13-9-16-20-21(28-20)17(10-13)24-16/h1-8,13,16-17,20-21,24H,9-10H2,(H,25,26)/t13?,16-,17?,20-,21+/m1/s1. The van der Waals surface area contributed by atoms with Gasteiger partial charge < -0.3 is 14.8 Å². The Balaban J connectivity index is 1.22. The quantitative estimate of drug-likeness (QED) is 0.623. The average molecular weight is 410 g/mol. The molecule has 3 fully saturated rings. The summed E-state index contributed by atoms with van der Waals surface area (Å²) in [6, 6.07) is 15.0. The molecule has 3 aliphatic rings. The van der Waals surface area contributed by atoms with Crippen LogP contribution in [0.1, 0.15) is 12.8 Å². The first-order valence-electron chi connectivity index (χ1n) is 9.82. The third kappa shape index (κ3) is 3.10. The molecule has 4 heterocycles. The van der Waals surface area contributed by atoms with E-state index in [0.717, 1.165) is 27.8 Å². The predicted octanol–water partition coefficient (Wildman–Crippen LogP) is 4.53. The lowest BCUT2D eigenvalue weighted by Gasteiger charge is -2.30. The molecule has 1 amide bonds. The van der Waals surface area contributed by atoms with Gasteiger partial charge in [0.25, 0.3) is 0 Å². The van der Waals surface area contributed by atoms with Crippen LogP contribution < -0.4 is 10.6 Å². The Bertz CT molecular complexity index is 1070. The minimum atomic E-state index is -0.500. The summed E-state index contributed by atoms with van der Waals surface area (Å²) in [7, 11) is 0. The van der Waals surface area contributed by atoms with E-state index in [2.05, 4.69) is 10.6 Å². The molecule has 5 nitrogen and oxygen atoms in total. The number of anilines is 1. The molecule has 5 atom stereocenters. The fourth-order valence-electron chi connectivity index (χ4n) is 4.65. The number of benzene rings is 2. The lowest BCUT2D eigenvalue weighted by molar-refractivity contribution is 0.0554. The van der Waals surface area contributed by atoms with Crippen LogP contribution in [0.25, 0.3) is 20.5 Å². The van der Waals surface area contributed by atoms with Crippen molar-refractivity contribution in [3.63, 3.8) is 0 Å². The number of rotatable bonds is 3. The lowest BCUT2D eigenvalue weighted by Crippen LogP contribution is -2.47. The zero-order chi connectivity index (χ0) is 19.5. The van der Waals surface area contributed by atoms with Crippen molar-refractivity contribution in [2.75, 3.05) is 5.32 Å². The molecule has 0 aliphatic carbocycles. The molecule has 3 aliphatic heterocycles. The highest BCUT2D eigenvalue weighted by Gasteiger charge is 2.59. The maximum absolute atomic E-state index is 14.0. The van der Waals surface area contributed by atoms with Crippen molar-refractivity contribution in [1.82, 2.24) is 5.32 Å². The number of hydrogen-bond acceptors (Lipinski definition) is 5. The topological polar surface area (TPSA) is 62.9 Å². The van der Waals surface area contributed by atoms with E-state index >= 15 is 0 Å². The van der Waals surface area contributed by atoms with Gasteiger partial charge in [0, 0.05) is 40.1 Å². The first-order valence-corrected chi connectivity index (χ1v) is 10.6. The second-order valence-electron chi connectivity index (χ2n) is 7.91. The number of thiophene rings is 1. The van der Waals surface area contributed by atoms with E-state index in [4.69, 9.17) is 9.47 Å². The first-order chi connectivity index (χ1) is 14.1. The van der Waals surface area contributed by atoms with Crippen LogP contribution in [0.4, 0.5) is 14.9 Å². The van der Waals surface area contributed by atoms with Gasteiger partial charge in [0.2, 0.25) is 0 Å². The molecule has 0 spiro atoms. The van der Waals surface area contributed by atoms with E-state index < -0.39 is 6.09 Å². The van der Waals surface area contributed by atoms with E-state index in [1.54, 1.807) is 17.4 Å². The van der Waals surface area contributed by atoms with Crippen molar-refractivity contribution >= 4 is 33.2 Å². The number of piperidine rings is 1. The van der Waals surface area contributed by atoms with E-state index in [9.17, 15) is 9.18 Å². The number of morpholine rings is 1. The van der Waals surface area contributed by atoms with Crippen LogP contribution in [-0.2, 0) is 9.47 Å². The molecule has 3 saturated heterocycles. The number of nitrogens with one attached hydrogen (secondary N) is 2. The molecule has 7 heteroatoms. The predicted molar refractivity (Wildman–Crippen MR) is 110 cm³/mol. The number of fused-ring (bicyclic) bond motifs is 6. The van der Waals surface area contributed by atoms with Gasteiger partial charge in [-0.1, -0.05) is 18.2 Å². The normalized spacial score (nSPS) is 29.5. The Morgan fingerprint density at radius 2 is 1.93 bits per heavy atom. The van der Waals surface area contributed by atoms with Gasteiger partial charge >= 0.3 is 6.09 Å². The monoisotopic (exact) mass is 410 g/mol. The van der Waals surface area contributed by atoms with Crippen LogP contribution in [-0.4, -0.2) is 36.5 Å². The number of halogens is 1. The van der Waals surface area contributed by atoms with E-state index in [1.165, 1.54) is 12.1 Å². The van der Waals surface area contributed by atoms with Crippen LogP contribution in [0.2, 0.25) is 0 Å². The highest BCUT2D eigenvalue weighted by molar-refractivity contribution is 7.22. The number of carbonyl (C=O) groups excluding carboxylic acids is 1. The molecule has 29 heavy (non-hydrogen) atoms. The SMILES string of the molecule is O=C(Nc1ccc(F)cc1-c1cc2ccccc2s1)OC1CC2N[C@H](C1)[C@H]1O[C@@H]21. The third-order valence-electron chi connectivity index (χ3n) is 6.00. The van der Waals surface area contributed by atoms with Gasteiger partial charge in [-0.05, 0) is 35.7 Å². The summed E-state index contributed by atoms with van der Waals surface area (Å²) < 4.78 is 26.4. The Kier molecular flexibility index (Phi) is 3.91. The maximum atomic E-state index is 14.0. The summed E-state index contributed by atoms with van der Waals surface area (Å²) in [6.07, 6.45) is 1.47. The summed E-state index contributed by atoms with van der Waals surface area (Å²) in [5.74, 6) is -0.342. The highest BCUT2D eigenvalue weighted by Crippen LogP contribution is 2.43. The van der Waals surface area contributed by atoms with Crippen LogP contribution >= 0.6 is 11.3 Å². The number of amides is 1. The molecular formula is C22H19FN2O3S. The molecule has 6 rings (SSSR count). The summed E-state index contributed by atoms with van der Waals surface area (Å²) in [5, 5.41) is 7.44. The first kappa shape index (κ1) is 17.4. The van der Waals surface area contributed by atoms with Crippen LogP contribution in [0.5, 0.6) is 0 Å². The molecule has 148 valence electrons. The van der Waals surface area contributed by atoms with Crippen molar-refractivity contribution in [2.24, 2.45) is 0 Å². The average Bonchev–Trinajstić information content (AvgIpc) is 3.33. The van der Waals surface area contributed by atoms with Gasteiger partial charge in [-0.3, -0.25) is 5.32 Å². The van der Waals surface area contributed by atoms with Gasteiger partial charge in [-0.25, -0.2) is 9.18 Å². The maximum Gasteiger partial charge on any atom is 0.411 e. The summed E-state index contributed by atoms with van der Waals surface area (Å²) >= 11 is 1.57. The molecule has 2 bridgehead atoms. The molecule has 2 aromatic carbocycles. The minimum absolute atomic E-state index is 0.129. The molecule has 1 aromatic heterocycles. The van der Waals surface area contributed by atoms with Crippen molar-refractivity contribution in [1.29, 1.82) is 0 Å². The van der Waals surface area contributed by atoms with Gasteiger partial charge in [0.05, 0.1) is 5.69 Å². The van der Waals surface area contributed by atoms with Crippen LogP contribution in [0.15, 0.2) is 48.5 Å². The minimum Gasteiger partial charge on any atom is -0.446 e. The Labute approximate surface area is 170 Å². The molecular weight excluding hydrogens is 391 g/mol. The number of epoxide rings is 1. The van der Waals surface area contributed by atoms with Gasteiger partial charge in [-0.15, -0.1) is 11.3 Å². The Morgan fingerprint density at radius 3 is 2.72 bits per heavy atom. The summed E-state index contributed by atoms with van der Waals surface area (Å²) in [4.78, 5) is 13.5. The molecule has 3 aromatic rings. The fraction of sp³-hybridized carbons (Fsp3) is 0.318. The molecule has 0 radical (unpaired) electrons. The van der Waals surface area contributed by atoms with Gasteiger partial charge in [-0.2, -0.15) is 0 Å². The van der Waals surface area contributed by atoms with Crippen LogP contribution in [0.3, 0.4) is 0 Å². The Morgan fingerprint density at radius 1 is 1.14 bits per heavy atom. The number of hydrogen-bond donors (Lipinski definition) is 2. The number of ether oxygens (including phenoxy) is 2. The second kappa shape index (κ2) is 6.52. The van der Waals surface area contributed by atoms with Crippen molar-refractivity contribution in [3.8, 4) is 10.4 Å². The third-order valence-corrected chi connectivity index (χ3v) is 7.15. The summed E-state index contributed by atoms with van der Waals surface area (Å²) in [6.45, 7) is 0. The zero-order valence-corrected chi connectivity index (χ0v) is 16.2. The molecule has 2 unspecified atom stereocenters. The number of carbonyl (C=O) groups is 1. The lowest BCUT2D eigenvalue weighted by atomic mass is 10.0. The van der Waals surface area contributed by atoms with E-state index in [1.807, 2.05) is 30.3 Å². The van der Waals surface area contributed by atoms with Crippen molar-refractivity contribution in [3.05, 3.63) is 54.3 Å². The Hall–Kier alpha value is -2.48. The van der Waals surface area contributed by atoms with E-state index in [0.29, 0.717) is 11.3 Å².